The molecular weight excluding hydrogens is 424 g/mol. The van der Waals surface area contributed by atoms with Crippen LogP contribution < -0.4 is 0 Å². The first-order chi connectivity index (χ1) is 15.7. The number of amides is 2. The highest BCUT2D eigenvalue weighted by Crippen LogP contribution is 2.25. The van der Waals surface area contributed by atoms with Crippen molar-refractivity contribution in [2.45, 2.75) is 44.3 Å². The van der Waals surface area contributed by atoms with Crippen LogP contribution in [0.25, 0.3) is 11.0 Å². The maximum atomic E-state index is 12.8. The summed E-state index contributed by atoms with van der Waals surface area (Å²) in [5.41, 5.74) is 2.10. The second kappa shape index (κ2) is 10.7. The smallest absolute Gasteiger partial charge is 0.289 e. The van der Waals surface area contributed by atoms with Crippen LogP contribution in [0.2, 0.25) is 0 Å². The van der Waals surface area contributed by atoms with Crippen LogP contribution in [0, 0.1) is 0 Å². The monoisotopic (exact) mass is 454 g/mol. The largest absolute Gasteiger partial charge is 0.459 e. The molecule has 1 aliphatic heterocycles. The molecule has 0 atom stereocenters. The highest BCUT2D eigenvalue weighted by molar-refractivity contribution is 7.99. The summed E-state index contributed by atoms with van der Waals surface area (Å²) in [4.78, 5) is 33.6. The minimum absolute atomic E-state index is 0.0877. The molecule has 7 nitrogen and oxygen atoms in total. The number of benzene rings is 1. The molecule has 1 saturated heterocycles. The van der Waals surface area contributed by atoms with Crippen LogP contribution in [0.15, 0.2) is 52.2 Å². The molecule has 3 aromatic rings. The van der Waals surface area contributed by atoms with E-state index in [0.29, 0.717) is 37.7 Å². The van der Waals surface area contributed by atoms with Crippen molar-refractivity contribution in [2.75, 3.05) is 31.9 Å². The van der Waals surface area contributed by atoms with E-state index in [9.17, 15) is 9.59 Å². The number of imidazole rings is 1. The van der Waals surface area contributed by atoms with Gasteiger partial charge in [0.1, 0.15) is 0 Å². The molecule has 2 aromatic heterocycles. The summed E-state index contributed by atoms with van der Waals surface area (Å²) in [6, 6.07) is 11.5. The van der Waals surface area contributed by atoms with Gasteiger partial charge in [0.2, 0.25) is 5.91 Å². The molecule has 0 saturated carbocycles. The van der Waals surface area contributed by atoms with Crippen LogP contribution in [0.3, 0.4) is 0 Å². The molecule has 0 unspecified atom stereocenters. The molecule has 8 heteroatoms. The zero-order chi connectivity index (χ0) is 22.3. The number of carbonyl (C=O) groups excluding carboxylic acids is 2. The Bertz CT molecular complexity index is 1040. The molecule has 0 bridgehead atoms. The number of hydrogen-bond acceptors (Lipinski definition) is 5. The Balaban J connectivity index is 1.33. The fourth-order valence-electron chi connectivity index (χ4n) is 4.01. The van der Waals surface area contributed by atoms with Crippen LogP contribution in [-0.2, 0) is 11.3 Å². The van der Waals surface area contributed by atoms with E-state index in [1.807, 2.05) is 23.1 Å². The van der Waals surface area contributed by atoms with Crippen LogP contribution in [0.1, 0.15) is 43.2 Å². The van der Waals surface area contributed by atoms with Crippen molar-refractivity contribution >= 4 is 34.6 Å². The molecule has 1 aliphatic rings. The molecule has 0 spiro atoms. The zero-order valence-electron chi connectivity index (χ0n) is 18.5. The third-order valence-corrected chi connectivity index (χ3v) is 6.79. The third kappa shape index (κ3) is 5.18. The lowest BCUT2D eigenvalue weighted by atomic mass is 10.2. The Morgan fingerprint density at radius 1 is 1.00 bits per heavy atom. The molecule has 3 heterocycles. The molecule has 0 radical (unpaired) electrons. The number of carbonyl (C=O) groups is 2. The molecule has 0 N–H and O–H groups in total. The molecule has 32 heavy (non-hydrogen) atoms. The van der Waals surface area contributed by atoms with Crippen LogP contribution in [0.5, 0.6) is 0 Å². The molecule has 1 fully saturated rings. The molecule has 2 amide bonds. The summed E-state index contributed by atoms with van der Waals surface area (Å²) in [7, 11) is 0. The molecule has 4 rings (SSSR count). The van der Waals surface area contributed by atoms with Crippen molar-refractivity contribution in [1.82, 2.24) is 19.4 Å². The van der Waals surface area contributed by atoms with E-state index in [-0.39, 0.29) is 11.8 Å². The van der Waals surface area contributed by atoms with Gasteiger partial charge in [0.15, 0.2) is 10.9 Å². The van der Waals surface area contributed by atoms with Crippen LogP contribution in [0.4, 0.5) is 0 Å². The van der Waals surface area contributed by atoms with E-state index in [0.717, 1.165) is 29.2 Å². The number of aryl methyl sites for hydroxylation is 1. The average Bonchev–Trinajstić information content (AvgIpc) is 3.48. The van der Waals surface area contributed by atoms with E-state index in [2.05, 4.69) is 17.6 Å². The number of nitrogens with zero attached hydrogens (tertiary/aromatic N) is 4. The van der Waals surface area contributed by atoms with Gasteiger partial charge in [-0.1, -0.05) is 50.1 Å². The van der Waals surface area contributed by atoms with Crippen molar-refractivity contribution in [2.24, 2.45) is 0 Å². The minimum atomic E-state index is -0.117. The van der Waals surface area contributed by atoms with Crippen molar-refractivity contribution < 1.29 is 14.0 Å². The fourth-order valence-corrected chi connectivity index (χ4v) is 4.95. The second-order valence-electron chi connectivity index (χ2n) is 8.03. The normalized spacial score (nSPS) is 14.3. The number of unbranched alkanes of at least 4 members (excludes halogenated alkanes) is 3. The summed E-state index contributed by atoms with van der Waals surface area (Å²) in [6.07, 6.45) is 6.26. The van der Waals surface area contributed by atoms with Gasteiger partial charge in [-0.2, -0.15) is 0 Å². The van der Waals surface area contributed by atoms with Crippen LogP contribution in [-0.4, -0.2) is 63.1 Å². The highest BCUT2D eigenvalue weighted by atomic mass is 32.2. The maximum absolute atomic E-state index is 12.8. The van der Waals surface area contributed by atoms with E-state index in [1.54, 1.807) is 17.0 Å². The summed E-state index contributed by atoms with van der Waals surface area (Å²) >= 11 is 1.51. The zero-order valence-corrected chi connectivity index (χ0v) is 19.4. The van der Waals surface area contributed by atoms with Gasteiger partial charge in [-0.05, 0) is 30.7 Å². The fraction of sp³-hybridized carbons (Fsp3) is 0.458. The van der Waals surface area contributed by atoms with Gasteiger partial charge in [-0.25, -0.2) is 4.98 Å². The van der Waals surface area contributed by atoms with Gasteiger partial charge < -0.3 is 18.8 Å². The number of fused-ring (bicyclic) bond motifs is 1. The van der Waals surface area contributed by atoms with Gasteiger partial charge in [0.25, 0.3) is 5.91 Å². The summed E-state index contributed by atoms with van der Waals surface area (Å²) in [5.74, 6) is 0.667. The number of rotatable bonds is 9. The summed E-state index contributed by atoms with van der Waals surface area (Å²) in [5, 5.41) is 0.905. The van der Waals surface area contributed by atoms with E-state index in [4.69, 9.17) is 9.40 Å². The Morgan fingerprint density at radius 2 is 1.78 bits per heavy atom. The van der Waals surface area contributed by atoms with Crippen molar-refractivity contribution in [3.05, 3.63) is 48.4 Å². The second-order valence-corrected chi connectivity index (χ2v) is 8.98. The van der Waals surface area contributed by atoms with E-state index in [1.165, 1.54) is 37.3 Å². The lowest BCUT2D eigenvalue weighted by Crippen LogP contribution is -2.51. The molecule has 0 aliphatic carbocycles. The highest BCUT2D eigenvalue weighted by Gasteiger charge is 2.26. The van der Waals surface area contributed by atoms with Gasteiger partial charge >= 0.3 is 0 Å². The Kier molecular flexibility index (Phi) is 7.52. The maximum Gasteiger partial charge on any atom is 0.289 e. The van der Waals surface area contributed by atoms with E-state index < -0.39 is 0 Å². The van der Waals surface area contributed by atoms with Crippen molar-refractivity contribution in [3.63, 3.8) is 0 Å². The third-order valence-electron chi connectivity index (χ3n) is 5.83. The predicted molar refractivity (Wildman–Crippen MR) is 126 cm³/mol. The van der Waals surface area contributed by atoms with Gasteiger partial charge in [0, 0.05) is 32.7 Å². The Hall–Kier alpha value is -2.74. The van der Waals surface area contributed by atoms with Gasteiger partial charge in [0.05, 0.1) is 23.0 Å². The van der Waals surface area contributed by atoms with Crippen LogP contribution >= 0.6 is 11.8 Å². The van der Waals surface area contributed by atoms with E-state index >= 15 is 0 Å². The Morgan fingerprint density at radius 3 is 2.53 bits per heavy atom. The van der Waals surface area contributed by atoms with Gasteiger partial charge in [-0.15, -0.1) is 0 Å². The number of furan rings is 1. The van der Waals surface area contributed by atoms with Gasteiger partial charge in [-0.3, -0.25) is 9.59 Å². The first kappa shape index (κ1) is 22.5. The molecule has 1 aromatic carbocycles. The topological polar surface area (TPSA) is 71.6 Å². The lowest BCUT2D eigenvalue weighted by molar-refractivity contribution is -0.129. The molecule has 170 valence electrons. The predicted octanol–water partition coefficient (Wildman–Crippen LogP) is 4.29. The Labute approximate surface area is 192 Å². The summed E-state index contributed by atoms with van der Waals surface area (Å²) in [6.45, 7) is 5.26. The summed E-state index contributed by atoms with van der Waals surface area (Å²) < 4.78 is 7.46. The number of piperazine rings is 1. The first-order valence-electron chi connectivity index (χ1n) is 11.4. The quantitative estimate of drug-likeness (QED) is 0.356. The van der Waals surface area contributed by atoms with Crippen molar-refractivity contribution in [3.8, 4) is 0 Å². The van der Waals surface area contributed by atoms with Crippen molar-refractivity contribution in [1.29, 1.82) is 0 Å². The first-order valence-corrected chi connectivity index (χ1v) is 12.3. The minimum Gasteiger partial charge on any atom is -0.459 e. The SMILES string of the molecule is CCCCCCn1c(SCC(=O)N2CCN(C(=O)c3ccco3)CC2)nc2ccccc21. The average molecular weight is 455 g/mol. The molecular formula is C24H30N4O3S. The number of thioether (sulfide) groups is 1. The lowest BCUT2D eigenvalue weighted by Gasteiger charge is -2.34. The number of hydrogen-bond donors (Lipinski definition) is 0. The number of aromatic nitrogens is 2. The standard InChI is InChI=1S/C24H30N4O3S/c1-2-3-4-7-12-28-20-10-6-5-9-19(20)25-24(28)32-18-22(29)26-13-15-27(16-14-26)23(30)21-11-8-17-31-21/h5-6,8-11,17H,2-4,7,12-16,18H2,1H3. The number of para-hydroxylation sites is 2.